The Morgan fingerprint density at radius 2 is 1.67 bits per heavy atom. The molecule has 0 spiro atoms. The molecule has 2 nitrogen and oxygen atoms in total. The Hall–Kier alpha value is -0.790. The van der Waals surface area contributed by atoms with Gasteiger partial charge in [0.05, 0.1) is 0 Å². The van der Waals surface area contributed by atoms with Crippen molar-refractivity contribution >= 4 is 5.97 Å². The molecule has 0 heterocycles. The third kappa shape index (κ3) is 1.72. The molecule has 0 aromatic rings. The van der Waals surface area contributed by atoms with Crippen LogP contribution in [-0.4, -0.2) is 11.6 Å². The maximum Gasteiger partial charge on any atom is 0.333 e. The van der Waals surface area contributed by atoms with Crippen molar-refractivity contribution in [3.8, 4) is 0 Å². The quantitative estimate of drug-likeness (QED) is 0.562. The highest BCUT2D eigenvalue weighted by molar-refractivity contribution is 5.87. The van der Waals surface area contributed by atoms with Crippen molar-refractivity contribution in [2.45, 2.75) is 58.0 Å². The van der Waals surface area contributed by atoms with Crippen LogP contribution >= 0.6 is 0 Å². The standard InChI is InChI=1S/C16H24O2/c1-4-10(2)15(17)18-16(3)13-6-11-5-12(8-13)9-14(16)7-11/h11-14H,2,4-9H2,1,3H3. The molecule has 2 heteroatoms. The summed E-state index contributed by atoms with van der Waals surface area (Å²) in [5.74, 6) is 2.86. The summed E-state index contributed by atoms with van der Waals surface area (Å²) < 4.78 is 5.93. The molecule has 4 saturated carbocycles. The summed E-state index contributed by atoms with van der Waals surface area (Å²) in [6.07, 6.45) is 7.21. The molecular weight excluding hydrogens is 224 g/mol. The van der Waals surface area contributed by atoms with Gasteiger partial charge in [0.2, 0.25) is 0 Å². The van der Waals surface area contributed by atoms with Gasteiger partial charge in [-0.2, -0.15) is 0 Å². The van der Waals surface area contributed by atoms with Crippen LogP contribution in [0.3, 0.4) is 0 Å². The van der Waals surface area contributed by atoms with Crippen LogP contribution in [0.2, 0.25) is 0 Å². The SMILES string of the molecule is C=C(CC)C(=O)OC1(C)C2CC3CC(C2)CC1C3. The molecule has 100 valence electrons. The monoisotopic (exact) mass is 248 g/mol. The molecule has 4 bridgehead atoms. The zero-order chi connectivity index (χ0) is 12.9. The van der Waals surface area contributed by atoms with E-state index in [1.807, 2.05) is 6.92 Å². The van der Waals surface area contributed by atoms with Crippen molar-refractivity contribution < 1.29 is 9.53 Å². The molecule has 0 unspecified atom stereocenters. The van der Waals surface area contributed by atoms with Crippen molar-refractivity contribution in [2.75, 3.05) is 0 Å². The van der Waals surface area contributed by atoms with Crippen LogP contribution in [-0.2, 0) is 9.53 Å². The lowest BCUT2D eigenvalue weighted by atomic mass is 9.50. The second-order valence-corrected chi connectivity index (χ2v) is 6.83. The van der Waals surface area contributed by atoms with E-state index < -0.39 is 0 Å². The predicted molar refractivity (Wildman–Crippen MR) is 71.0 cm³/mol. The molecular formula is C16H24O2. The van der Waals surface area contributed by atoms with Crippen LogP contribution in [0.5, 0.6) is 0 Å². The van der Waals surface area contributed by atoms with Gasteiger partial charge in [-0.3, -0.25) is 0 Å². The summed E-state index contributed by atoms with van der Waals surface area (Å²) in [6, 6.07) is 0. The largest absolute Gasteiger partial charge is 0.455 e. The third-order valence-corrected chi connectivity index (χ3v) is 5.79. The second-order valence-electron chi connectivity index (χ2n) is 6.83. The van der Waals surface area contributed by atoms with E-state index in [4.69, 9.17) is 4.74 Å². The lowest BCUT2D eigenvalue weighted by Gasteiger charge is -2.59. The van der Waals surface area contributed by atoms with Crippen molar-refractivity contribution in [3.63, 3.8) is 0 Å². The minimum atomic E-state index is -0.206. The molecule has 0 aromatic carbocycles. The summed E-state index contributed by atoms with van der Waals surface area (Å²) >= 11 is 0. The van der Waals surface area contributed by atoms with Gasteiger partial charge >= 0.3 is 5.97 Å². The predicted octanol–water partition coefficient (Wildman–Crippen LogP) is 3.71. The van der Waals surface area contributed by atoms with E-state index in [1.54, 1.807) is 0 Å². The zero-order valence-electron chi connectivity index (χ0n) is 11.6. The van der Waals surface area contributed by atoms with E-state index >= 15 is 0 Å². The summed E-state index contributed by atoms with van der Waals surface area (Å²) in [4.78, 5) is 12.0. The first-order valence-corrected chi connectivity index (χ1v) is 7.44. The highest BCUT2D eigenvalue weighted by Crippen LogP contribution is 2.59. The highest BCUT2D eigenvalue weighted by Gasteiger charge is 2.57. The van der Waals surface area contributed by atoms with Gasteiger partial charge < -0.3 is 4.74 Å². The first kappa shape index (κ1) is 12.3. The van der Waals surface area contributed by atoms with Crippen LogP contribution < -0.4 is 0 Å². The van der Waals surface area contributed by atoms with Gasteiger partial charge in [-0.05, 0) is 69.1 Å². The fourth-order valence-corrected chi connectivity index (χ4v) is 4.70. The molecule has 18 heavy (non-hydrogen) atoms. The van der Waals surface area contributed by atoms with Crippen molar-refractivity contribution in [2.24, 2.45) is 23.7 Å². The van der Waals surface area contributed by atoms with Crippen LogP contribution in [0.1, 0.15) is 52.4 Å². The Bertz CT molecular complexity index is 355. The van der Waals surface area contributed by atoms with Crippen LogP contribution in [0.25, 0.3) is 0 Å². The van der Waals surface area contributed by atoms with Gasteiger partial charge in [-0.1, -0.05) is 13.5 Å². The zero-order valence-corrected chi connectivity index (χ0v) is 11.6. The number of carbonyl (C=O) groups is 1. The first-order valence-electron chi connectivity index (χ1n) is 7.44. The summed E-state index contributed by atoms with van der Waals surface area (Å²) in [5.41, 5.74) is 0.410. The van der Waals surface area contributed by atoms with E-state index in [2.05, 4.69) is 13.5 Å². The van der Waals surface area contributed by atoms with Gasteiger partial charge in [0.15, 0.2) is 0 Å². The molecule has 4 rings (SSSR count). The molecule has 0 radical (unpaired) electrons. The third-order valence-electron chi connectivity index (χ3n) is 5.79. The maximum atomic E-state index is 12.0. The maximum absolute atomic E-state index is 12.0. The normalized spacial score (nSPS) is 45.0. The molecule has 0 aromatic heterocycles. The number of hydrogen-bond donors (Lipinski definition) is 0. The molecule has 4 aliphatic rings. The Balaban J connectivity index is 1.78. The van der Waals surface area contributed by atoms with E-state index in [9.17, 15) is 4.79 Å². The molecule has 4 aliphatic carbocycles. The second kappa shape index (κ2) is 4.11. The Morgan fingerprint density at radius 1 is 1.17 bits per heavy atom. The number of ether oxygens (including phenoxy) is 1. The van der Waals surface area contributed by atoms with Crippen LogP contribution in [0.4, 0.5) is 0 Å². The lowest BCUT2D eigenvalue weighted by Crippen LogP contribution is -2.58. The molecule has 0 aliphatic heterocycles. The average Bonchev–Trinajstić information content (AvgIpc) is 2.34. The van der Waals surface area contributed by atoms with Crippen molar-refractivity contribution in [1.29, 1.82) is 0 Å². The minimum Gasteiger partial charge on any atom is -0.455 e. The number of hydrogen-bond acceptors (Lipinski definition) is 2. The summed E-state index contributed by atoms with van der Waals surface area (Å²) in [5, 5.41) is 0. The van der Waals surface area contributed by atoms with Gasteiger partial charge in [0, 0.05) is 5.57 Å². The summed E-state index contributed by atoms with van der Waals surface area (Å²) in [7, 11) is 0. The van der Waals surface area contributed by atoms with Gasteiger partial charge in [0.1, 0.15) is 5.60 Å². The van der Waals surface area contributed by atoms with E-state index in [-0.39, 0.29) is 11.6 Å². The number of carbonyl (C=O) groups excluding carboxylic acids is 1. The first-order chi connectivity index (χ1) is 8.53. The minimum absolute atomic E-state index is 0.160. The summed E-state index contributed by atoms with van der Waals surface area (Å²) in [6.45, 7) is 7.96. The average molecular weight is 248 g/mol. The molecule has 0 saturated heterocycles. The van der Waals surface area contributed by atoms with E-state index in [0.717, 1.165) is 11.8 Å². The van der Waals surface area contributed by atoms with Crippen molar-refractivity contribution in [3.05, 3.63) is 12.2 Å². The smallest absolute Gasteiger partial charge is 0.333 e. The fraction of sp³-hybridized carbons (Fsp3) is 0.812. The van der Waals surface area contributed by atoms with E-state index in [1.165, 1.54) is 32.1 Å². The Kier molecular flexibility index (Phi) is 2.80. The topological polar surface area (TPSA) is 26.3 Å². The number of esters is 1. The van der Waals surface area contributed by atoms with Crippen LogP contribution in [0, 0.1) is 23.7 Å². The lowest BCUT2D eigenvalue weighted by molar-refractivity contribution is -0.199. The highest BCUT2D eigenvalue weighted by atomic mass is 16.6. The van der Waals surface area contributed by atoms with Crippen LogP contribution in [0.15, 0.2) is 12.2 Å². The fourth-order valence-electron chi connectivity index (χ4n) is 4.70. The molecule has 0 amide bonds. The Labute approximate surface area is 110 Å². The van der Waals surface area contributed by atoms with E-state index in [0.29, 0.717) is 23.8 Å². The van der Waals surface area contributed by atoms with Crippen molar-refractivity contribution in [1.82, 2.24) is 0 Å². The van der Waals surface area contributed by atoms with Gasteiger partial charge in [-0.25, -0.2) is 4.79 Å². The Morgan fingerprint density at radius 3 is 2.11 bits per heavy atom. The molecule has 4 fully saturated rings. The molecule has 0 atom stereocenters. The number of rotatable bonds is 3. The van der Waals surface area contributed by atoms with Gasteiger partial charge in [-0.15, -0.1) is 0 Å². The van der Waals surface area contributed by atoms with Gasteiger partial charge in [0.25, 0.3) is 0 Å². The molecule has 0 N–H and O–H groups in total.